The molecule has 1 atom stereocenters. The number of rotatable bonds is 6. The van der Waals surface area contributed by atoms with Gasteiger partial charge in [-0.1, -0.05) is 56.1 Å². The lowest BCUT2D eigenvalue weighted by atomic mass is 9.96. The standard InChI is InChI=1S/C16H21F3OS/c1-4-12(5-2)15(20)14(10-16(17,18)19)21-13-8-6-11(3)7-9-13/h6-10,12,15,20H,4-5H2,1-3H3/b14-10+. The van der Waals surface area contributed by atoms with Crippen LogP contribution in [0.2, 0.25) is 0 Å². The molecule has 0 heterocycles. The Hall–Kier alpha value is -0.940. The lowest BCUT2D eigenvalue weighted by Gasteiger charge is -2.23. The summed E-state index contributed by atoms with van der Waals surface area (Å²) >= 11 is 0.983. The van der Waals surface area contributed by atoms with Gasteiger partial charge in [-0.3, -0.25) is 0 Å². The van der Waals surface area contributed by atoms with Crippen molar-refractivity contribution in [3.05, 3.63) is 40.8 Å². The van der Waals surface area contributed by atoms with E-state index in [1.165, 1.54) is 0 Å². The first-order valence-corrected chi connectivity index (χ1v) is 7.80. The molecule has 118 valence electrons. The number of benzene rings is 1. The topological polar surface area (TPSA) is 20.2 Å². The van der Waals surface area contributed by atoms with E-state index in [1.54, 1.807) is 12.1 Å². The normalized spacial score (nSPS) is 14.6. The van der Waals surface area contributed by atoms with Crippen LogP contribution in [0.1, 0.15) is 32.3 Å². The van der Waals surface area contributed by atoms with E-state index >= 15 is 0 Å². The van der Waals surface area contributed by atoms with E-state index in [1.807, 2.05) is 32.9 Å². The zero-order chi connectivity index (χ0) is 16.0. The van der Waals surface area contributed by atoms with E-state index in [2.05, 4.69) is 0 Å². The molecule has 1 aromatic rings. The average molecular weight is 318 g/mol. The van der Waals surface area contributed by atoms with Crippen molar-refractivity contribution in [1.82, 2.24) is 0 Å². The van der Waals surface area contributed by atoms with Gasteiger partial charge in [0.1, 0.15) is 0 Å². The van der Waals surface area contributed by atoms with Gasteiger partial charge in [0.05, 0.1) is 6.10 Å². The van der Waals surface area contributed by atoms with Gasteiger partial charge in [0.2, 0.25) is 0 Å². The lowest BCUT2D eigenvalue weighted by Crippen LogP contribution is -2.22. The Morgan fingerprint density at radius 1 is 1.19 bits per heavy atom. The summed E-state index contributed by atoms with van der Waals surface area (Å²) < 4.78 is 38.1. The monoisotopic (exact) mass is 318 g/mol. The number of halogens is 3. The number of aliphatic hydroxyl groups is 1. The van der Waals surface area contributed by atoms with Crippen LogP contribution in [-0.4, -0.2) is 17.4 Å². The van der Waals surface area contributed by atoms with Crippen LogP contribution >= 0.6 is 11.8 Å². The van der Waals surface area contributed by atoms with Gasteiger partial charge in [-0.05, 0) is 25.0 Å². The fourth-order valence-corrected chi connectivity index (χ4v) is 3.10. The minimum Gasteiger partial charge on any atom is -0.388 e. The van der Waals surface area contributed by atoms with Crippen LogP contribution in [0, 0.1) is 12.8 Å². The number of thioether (sulfide) groups is 1. The molecule has 5 heteroatoms. The SMILES string of the molecule is CCC(CC)C(O)/C(=C\C(F)(F)F)Sc1ccc(C)cc1. The van der Waals surface area contributed by atoms with Gasteiger partial charge < -0.3 is 5.11 Å². The molecule has 1 aromatic carbocycles. The molecule has 0 spiro atoms. The zero-order valence-corrected chi connectivity index (χ0v) is 13.3. The first-order valence-electron chi connectivity index (χ1n) is 6.98. The Balaban J connectivity index is 3.03. The van der Waals surface area contributed by atoms with Gasteiger partial charge in [-0.15, -0.1) is 0 Å². The minimum atomic E-state index is -4.43. The predicted molar refractivity (Wildman–Crippen MR) is 81.3 cm³/mol. The first-order chi connectivity index (χ1) is 9.76. The fourth-order valence-electron chi connectivity index (χ4n) is 2.05. The molecule has 1 rings (SSSR count). The molecule has 0 saturated heterocycles. The van der Waals surface area contributed by atoms with Crippen molar-refractivity contribution >= 4 is 11.8 Å². The van der Waals surface area contributed by atoms with Gasteiger partial charge in [-0.25, -0.2) is 0 Å². The summed E-state index contributed by atoms with van der Waals surface area (Å²) in [5.74, 6) is -0.170. The lowest BCUT2D eigenvalue weighted by molar-refractivity contribution is -0.0810. The molecule has 1 nitrogen and oxygen atoms in total. The molecular weight excluding hydrogens is 297 g/mol. The Bertz CT molecular complexity index is 461. The highest BCUT2D eigenvalue weighted by atomic mass is 32.2. The highest BCUT2D eigenvalue weighted by molar-refractivity contribution is 8.03. The summed E-state index contributed by atoms with van der Waals surface area (Å²) in [6, 6.07) is 7.22. The number of hydrogen-bond acceptors (Lipinski definition) is 2. The minimum absolute atomic E-state index is 0.0416. The van der Waals surface area contributed by atoms with Crippen LogP contribution in [0.4, 0.5) is 13.2 Å². The number of hydrogen-bond donors (Lipinski definition) is 1. The first kappa shape index (κ1) is 18.1. The number of allylic oxidation sites excluding steroid dienone is 1. The Morgan fingerprint density at radius 3 is 2.14 bits per heavy atom. The Morgan fingerprint density at radius 2 is 1.71 bits per heavy atom. The second kappa shape index (κ2) is 7.90. The van der Waals surface area contributed by atoms with Crippen molar-refractivity contribution in [3.63, 3.8) is 0 Å². The van der Waals surface area contributed by atoms with E-state index in [4.69, 9.17) is 0 Å². The third kappa shape index (κ3) is 6.14. The maximum absolute atomic E-state index is 12.7. The van der Waals surface area contributed by atoms with Crippen molar-refractivity contribution in [3.8, 4) is 0 Å². The molecule has 1 N–H and O–H groups in total. The Labute approximate surface area is 128 Å². The average Bonchev–Trinajstić information content (AvgIpc) is 2.40. The maximum Gasteiger partial charge on any atom is 0.410 e. The van der Waals surface area contributed by atoms with E-state index in [-0.39, 0.29) is 16.9 Å². The summed E-state index contributed by atoms with van der Waals surface area (Å²) in [4.78, 5) is 0.654. The number of alkyl halides is 3. The third-order valence-electron chi connectivity index (χ3n) is 3.35. The van der Waals surface area contributed by atoms with E-state index in [0.717, 1.165) is 17.3 Å². The molecule has 0 aliphatic rings. The molecule has 0 aliphatic carbocycles. The molecule has 1 unspecified atom stereocenters. The quantitative estimate of drug-likeness (QED) is 0.715. The summed E-state index contributed by atoms with van der Waals surface area (Å²) in [6.45, 7) is 5.66. The van der Waals surface area contributed by atoms with Crippen molar-refractivity contribution in [1.29, 1.82) is 0 Å². The second-order valence-electron chi connectivity index (χ2n) is 5.02. The van der Waals surface area contributed by atoms with Gasteiger partial charge in [0.25, 0.3) is 0 Å². The fraction of sp³-hybridized carbons (Fsp3) is 0.500. The van der Waals surface area contributed by atoms with E-state index < -0.39 is 12.3 Å². The second-order valence-corrected chi connectivity index (χ2v) is 6.17. The van der Waals surface area contributed by atoms with Gasteiger partial charge >= 0.3 is 6.18 Å². The zero-order valence-electron chi connectivity index (χ0n) is 12.4. The van der Waals surface area contributed by atoms with Crippen LogP contribution in [0.3, 0.4) is 0 Å². The van der Waals surface area contributed by atoms with Crippen LogP contribution in [0.25, 0.3) is 0 Å². The molecule has 0 aliphatic heterocycles. The Kier molecular flexibility index (Phi) is 6.81. The summed E-state index contributed by atoms with van der Waals surface area (Å²) in [5, 5.41) is 10.3. The molecule has 0 radical (unpaired) electrons. The molecule has 0 saturated carbocycles. The molecule has 21 heavy (non-hydrogen) atoms. The molecule has 0 fully saturated rings. The molecule has 0 aromatic heterocycles. The largest absolute Gasteiger partial charge is 0.410 e. The third-order valence-corrected chi connectivity index (χ3v) is 4.45. The van der Waals surface area contributed by atoms with Crippen LogP contribution in [0.15, 0.2) is 40.1 Å². The maximum atomic E-state index is 12.7. The molecular formula is C16H21F3OS. The molecule has 0 amide bonds. The number of aryl methyl sites for hydroxylation is 1. The highest BCUT2D eigenvalue weighted by Crippen LogP contribution is 2.36. The van der Waals surface area contributed by atoms with E-state index in [0.29, 0.717) is 17.7 Å². The van der Waals surface area contributed by atoms with Crippen LogP contribution < -0.4 is 0 Å². The summed E-state index contributed by atoms with van der Waals surface area (Å²) in [6.07, 6.45) is -4.02. The van der Waals surface area contributed by atoms with Crippen molar-refractivity contribution in [2.45, 2.75) is 50.8 Å². The predicted octanol–water partition coefficient (Wildman–Crippen LogP) is 5.33. The van der Waals surface area contributed by atoms with Gasteiger partial charge in [0, 0.05) is 15.9 Å². The van der Waals surface area contributed by atoms with Crippen molar-refractivity contribution in [2.24, 2.45) is 5.92 Å². The van der Waals surface area contributed by atoms with E-state index in [9.17, 15) is 18.3 Å². The number of aliphatic hydroxyl groups excluding tert-OH is 1. The van der Waals surface area contributed by atoms with Crippen molar-refractivity contribution < 1.29 is 18.3 Å². The summed E-state index contributed by atoms with van der Waals surface area (Å²) in [5.41, 5.74) is 1.04. The smallest absolute Gasteiger partial charge is 0.388 e. The van der Waals surface area contributed by atoms with Gasteiger partial charge in [0.15, 0.2) is 0 Å². The molecule has 0 bridgehead atoms. The van der Waals surface area contributed by atoms with Crippen molar-refractivity contribution in [2.75, 3.05) is 0 Å². The van der Waals surface area contributed by atoms with Crippen LogP contribution in [0.5, 0.6) is 0 Å². The highest BCUT2D eigenvalue weighted by Gasteiger charge is 2.29. The summed E-state index contributed by atoms with van der Waals surface area (Å²) in [7, 11) is 0. The van der Waals surface area contributed by atoms with Gasteiger partial charge in [-0.2, -0.15) is 13.2 Å². The van der Waals surface area contributed by atoms with Crippen LogP contribution in [-0.2, 0) is 0 Å².